The SMILES string of the molecule is CCCCOCCNC(COC)C1CC1. The van der Waals surface area contributed by atoms with E-state index >= 15 is 0 Å². The molecule has 0 bridgehead atoms. The highest BCUT2D eigenvalue weighted by Crippen LogP contribution is 2.32. The van der Waals surface area contributed by atoms with Gasteiger partial charge in [0.05, 0.1) is 13.2 Å². The van der Waals surface area contributed by atoms with Crippen LogP contribution in [0.2, 0.25) is 0 Å². The fraction of sp³-hybridized carbons (Fsp3) is 1.00. The zero-order valence-electron chi connectivity index (χ0n) is 10.1. The van der Waals surface area contributed by atoms with E-state index in [0.717, 1.165) is 32.3 Å². The van der Waals surface area contributed by atoms with E-state index < -0.39 is 0 Å². The summed E-state index contributed by atoms with van der Waals surface area (Å²) in [5, 5.41) is 3.51. The summed E-state index contributed by atoms with van der Waals surface area (Å²) in [6.07, 6.45) is 5.10. The van der Waals surface area contributed by atoms with E-state index in [2.05, 4.69) is 12.2 Å². The third kappa shape index (κ3) is 6.13. The predicted octanol–water partition coefficient (Wildman–Crippen LogP) is 1.82. The molecule has 1 N–H and O–H groups in total. The first-order valence-electron chi connectivity index (χ1n) is 6.18. The minimum atomic E-state index is 0.546. The Labute approximate surface area is 93.5 Å². The molecule has 0 aromatic carbocycles. The van der Waals surface area contributed by atoms with Gasteiger partial charge >= 0.3 is 0 Å². The van der Waals surface area contributed by atoms with E-state index in [1.165, 1.54) is 25.7 Å². The molecule has 0 radical (unpaired) electrons. The van der Waals surface area contributed by atoms with Crippen molar-refractivity contribution < 1.29 is 9.47 Å². The maximum atomic E-state index is 5.50. The van der Waals surface area contributed by atoms with Crippen LogP contribution in [0.5, 0.6) is 0 Å². The van der Waals surface area contributed by atoms with Gasteiger partial charge in [-0.2, -0.15) is 0 Å². The fourth-order valence-electron chi connectivity index (χ4n) is 1.70. The van der Waals surface area contributed by atoms with Gasteiger partial charge in [-0.25, -0.2) is 0 Å². The van der Waals surface area contributed by atoms with Crippen molar-refractivity contribution in [1.82, 2.24) is 5.32 Å². The van der Waals surface area contributed by atoms with Crippen molar-refractivity contribution in [3.63, 3.8) is 0 Å². The first-order valence-corrected chi connectivity index (χ1v) is 6.18. The Morgan fingerprint density at radius 1 is 1.33 bits per heavy atom. The molecule has 1 aliphatic carbocycles. The average Bonchev–Trinajstić information content (AvgIpc) is 3.05. The van der Waals surface area contributed by atoms with Crippen molar-refractivity contribution in [3.8, 4) is 0 Å². The van der Waals surface area contributed by atoms with E-state index in [0.29, 0.717) is 6.04 Å². The summed E-state index contributed by atoms with van der Waals surface area (Å²) in [4.78, 5) is 0. The number of hydrogen-bond acceptors (Lipinski definition) is 3. The molecule has 1 aliphatic rings. The molecule has 1 fully saturated rings. The number of rotatable bonds is 10. The summed E-state index contributed by atoms with van der Waals surface area (Å²) in [6.45, 7) is 5.70. The molecule has 1 saturated carbocycles. The van der Waals surface area contributed by atoms with Crippen LogP contribution in [0, 0.1) is 5.92 Å². The van der Waals surface area contributed by atoms with E-state index in [1.54, 1.807) is 7.11 Å². The largest absolute Gasteiger partial charge is 0.383 e. The highest BCUT2D eigenvalue weighted by Gasteiger charge is 2.30. The standard InChI is InChI=1S/C12H25NO2/c1-3-4-8-15-9-7-13-12(10-14-2)11-5-6-11/h11-13H,3-10H2,1-2H3. The lowest BCUT2D eigenvalue weighted by atomic mass is 10.2. The highest BCUT2D eigenvalue weighted by atomic mass is 16.5. The Kier molecular flexibility index (Phi) is 6.98. The van der Waals surface area contributed by atoms with E-state index in [1.807, 2.05) is 0 Å². The lowest BCUT2D eigenvalue weighted by molar-refractivity contribution is 0.118. The number of nitrogens with one attached hydrogen (secondary N) is 1. The topological polar surface area (TPSA) is 30.5 Å². The number of ether oxygens (including phenoxy) is 2. The molecule has 1 rings (SSSR count). The second-order valence-corrected chi connectivity index (χ2v) is 4.32. The van der Waals surface area contributed by atoms with Crippen LogP contribution in [-0.2, 0) is 9.47 Å². The minimum absolute atomic E-state index is 0.546. The molecule has 3 nitrogen and oxygen atoms in total. The van der Waals surface area contributed by atoms with Crippen LogP contribution in [0.3, 0.4) is 0 Å². The van der Waals surface area contributed by atoms with Crippen LogP contribution < -0.4 is 5.32 Å². The summed E-state index contributed by atoms with van der Waals surface area (Å²) < 4.78 is 10.7. The van der Waals surface area contributed by atoms with Crippen LogP contribution in [0.4, 0.5) is 0 Å². The Bertz CT molecular complexity index is 149. The van der Waals surface area contributed by atoms with E-state index in [9.17, 15) is 0 Å². The van der Waals surface area contributed by atoms with Crippen molar-refractivity contribution in [2.45, 2.75) is 38.6 Å². The van der Waals surface area contributed by atoms with Gasteiger partial charge in [0, 0.05) is 26.3 Å². The highest BCUT2D eigenvalue weighted by molar-refractivity contribution is 4.86. The first-order chi connectivity index (χ1) is 7.38. The van der Waals surface area contributed by atoms with E-state index in [4.69, 9.17) is 9.47 Å². The van der Waals surface area contributed by atoms with Crippen LogP contribution >= 0.6 is 0 Å². The molecule has 0 heterocycles. The summed E-state index contributed by atoms with van der Waals surface area (Å²) >= 11 is 0. The second-order valence-electron chi connectivity index (χ2n) is 4.32. The Balaban J connectivity index is 1.92. The number of methoxy groups -OCH3 is 1. The molecule has 90 valence electrons. The van der Waals surface area contributed by atoms with Gasteiger partial charge in [0.25, 0.3) is 0 Å². The predicted molar refractivity (Wildman–Crippen MR) is 62.1 cm³/mol. The maximum Gasteiger partial charge on any atom is 0.0618 e. The van der Waals surface area contributed by atoms with Gasteiger partial charge in [-0.05, 0) is 25.2 Å². The Morgan fingerprint density at radius 2 is 2.13 bits per heavy atom. The lowest BCUT2D eigenvalue weighted by Gasteiger charge is -2.17. The van der Waals surface area contributed by atoms with Gasteiger partial charge in [-0.15, -0.1) is 0 Å². The molecule has 0 amide bonds. The molecule has 1 atom stereocenters. The Hall–Kier alpha value is -0.120. The van der Waals surface area contributed by atoms with Crippen molar-refractivity contribution in [2.24, 2.45) is 5.92 Å². The summed E-state index contributed by atoms with van der Waals surface area (Å²) in [7, 11) is 1.77. The molecule has 0 aromatic rings. The van der Waals surface area contributed by atoms with Gasteiger partial charge in [0.15, 0.2) is 0 Å². The molecule has 15 heavy (non-hydrogen) atoms. The molecule has 0 aliphatic heterocycles. The molecule has 0 aromatic heterocycles. The monoisotopic (exact) mass is 215 g/mol. The fourth-order valence-corrected chi connectivity index (χ4v) is 1.70. The number of hydrogen-bond donors (Lipinski definition) is 1. The summed E-state index contributed by atoms with van der Waals surface area (Å²) in [5.74, 6) is 0.848. The molecular formula is C12H25NO2. The molecular weight excluding hydrogens is 190 g/mol. The quantitative estimate of drug-likeness (QED) is 0.564. The lowest BCUT2D eigenvalue weighted by Crippen LogP contribution is -2.37. The zero-order valence-corrected chi connectivity index (χ0v) is 10.1. The summed E-state index contributed by atoms with van der Waals surface area (Å²) in [5.41, 5.74) is 0. The Morgan fingerprint density at radius 3 is 2.73 bits per heavy atom. The van der Waals surface area contributed by atoms with Crippen LogP contribution in [0.1, 0.15) is 32.6 Å². The van der Waals surface area contributed by atoms with Crippen molar-refractivity contribution >= 4 is 0 Å². The van der Waals surface area contributed by atoms with Gasteiger partial charge in [-0.3, -0.25) is 0 Å². The zero-order chi connectivity index (χ0) is 10.9. The third-order valence-corrected chi connectivity index (χ3v) is 2.83. The second kappa shape index (κ2) is 8.08. The van der Waals surface area contributed by atoms with Crippen molar-refractivity contribution in [2.75, 3.05) is 33.5 Å². The van der Waals surface area contributed by atoms with Gasteiger partial charge < -0.3 is 14.8 Å². The maximum absolute atomic E-state index is 5.50. The first kappa shape index (κ1) is 12.9. The summed E-state index contributed by atoms with van der Waals surface area (Å²) in [6, 6.07) is 0.546. The van der Waals surface area contributed by atoms with E-state index in [-0.39, 0.29) is 0 Å². The van der Waals surface area contributed by atoms with Gasteiger partial charge in [0.2, 0.25) is 0 Å². The minimum Gasteiger partial charge on any atom is -0.383 e. The number of unbranched alkanes of at least 4 members (excludes halogenated alkanes) is 1. The molecule has 0 spiro atoms. The third-order valence-electron chi connectivity index (χ3n) is 2.83. The van der Waals surface area contributed by atoms with Crippen molar-refractivity contribution in [3.05, 3.63) is 0 Å². The van der Waals surface area contributed by atoms with Gasteiger partial charge in [-0.1, -0.05) is 13.3 Å². The average molecular weight is 215 g/mol. The van der Waals surface area contributed by atoms with Crippen LogP contribution in [0.25, 0.3) is 0 Å². The normalized spacial score (nSPS) is 18.0. The molecule has 0 saturated heterocycles. The van der Waals surface area contributed by atoms with Crippen LogP contribution in [0.15, 0.2) is 0 Å². The molecule has 1 unspecified atom stereocenters. The smallest absolute Gasteiger partial charge is 0.0618 e. The molecule has 3 heteroatoms. The van der Waals surface area contributed by atoms with Crippen molar-refractivity contribution in [1.29, 1.82) is 0 Å². The van der Waals surface area contributed by atoms with Gasteiger partial charge in [0.1, 0.15) is 0 Å². The van der Waals surface area contributed by atoms with Crippen LogP contribution in [-0.4, -0.2) is 39.5 Å².